The number of aliphatic hydroxyl groups is 1. The number of aromatic nitrogens is 1. The molecule has 1 fully saturated rings. The number of thiazole rings is 1. The number of piperazine rings is 1. The Labute approximate surface area is 136 Å². The number of aryl methyl sites for hydroxylation is 1. The molecule has 1 saturated heterocycles. The number of likely N-dealkylation sites (N-methyl/N-ethyl adjacent to an activating group) is 2. The quantitative estimate of drug-likeness (QED) is 0.801. The summed E-state index contributed by atoms with van der Waals surface area (Å²) in [7, 11) is 3.86. The highest BCUT2D eigenvalue weighted by molar-refractivity contribution is 7.09. The third-order valence-corrected chi connectivity index (χ3v) is 4.80. The molecule has 1 aliphatic rings. The van der Waals surface area contributed by atoms with Gasteiger partial charge in [-0.05, 0) is 14.0 Å². The van der Waals surface area contributed by atoms with Crippen molar-refractivity contribution >= 4 is 17.2 Å². The van der Waals surface area contributed by atoms with E-state index in [-0.39, 0.29) is 5.91 Å². The van der Waals surface area contributed by atoms with Gasteiger partial charge in [-0.2, -0.15) is 0 Å². The molecule has 0 aliphatic carbocycles. The van der Waals surface area contributed by atoms with Crippen molar-refractivity contribution in [3.8, 4) is 0 Å². The molecular formula is C15H26N4O2S. The molecule has 1 unspecified atom stereocenters. The molecule has 2 rings (SSSR count). The number of rotatable bonds is 6. The molecule has 1 N–H and O–H groups in total. The van der Waals surface area contributed by atoms with Crippen molar-refractivity contribution in [2.75, 3.05) is 53.4 Å². The van der Waals surface area contributed by atoms with Gasteiger partial charge in [-0.3, -0.25) is 9.69 Å². The van der Waals surface area contributed by atoms with E-state index in [4.69, 9.17) is 0 Å². The van der Waals surface area contributed by atoms with Gasteiger partial charge in [0, 0.05) is 51.7 Å². The van der Waals surface area contributed by atoms with Crippen molar-refractivity contribution in [2.45, 2.75) is 19.4 Å². The van der Waals surface area contributed by atoms with Crippen LogP contribution in [0.15, 0.2) is 5.38 Å². The Balaban J connectivity index is 1.73. The van der Waals surface area contributed by atoms with Gasteiger partial charge >= 0.3 is 0 Å². The van der Waals surface area contributed by atoms with E-state index in [1.165, 1.54) is 0 Å². The number of hydrogen-bond donors (Lipinski definition) is 1. The molecule has 1 atom stereocenters. The number of aliphatic hydroxyl groups excluding tert-OH is 1. The Morgan fingerprint density at radius 2 is 2.14 bits per heavy atom. The third-order valence-electron chi connectivity index (χ3n) is 3.97. The van der Waals surface area contributed by atoms with Gasteiger partial charge in [0.25, 0.3) is 0 Å². The molecule has 2 heterocycles. The highest BCUT2D eigenvalue weighted by atomic mass is 32.1. The Bertz CT molecular complexity index is 486. The average molecular weight is 326 g/mol. The van der Waals surface area contributed by atoms with Crippen molar-refractivity contribution in [3.05, 3.63) is 16.1 Å². The Kier molecular flexibility index (Phi) is 6.31. The zero-order valence-electron chi connectivity index (χ0n) is 13.7. The molecule has 124 valence electrons. The zero-order valence-corrected chi connectivity index (χ0v) is 14.5. The van der Waals surface area contributed by atoms with Crippen LogP contribution in [0.3, 0.4) is 0 Å². The first-order valence-corrected chi connectivity index (χ1v) is 8.56. The van der Waals surface area contributed by atoms with Crippen LogP contribution >= 0.6 is 11.3 Å². The predicted octanol–water partition coefficient (Wildman–Crippen LogP) is 0.0607. The second-order valence-electron chi connectivity index (χ2n) is 6.07. The second kappa shape index (κ2) is 8.01. The van der Waals surface area contributed by atoms with Crippen molar-refractivity contribution in [2.24, 2.45) is 0 Å². The van der Waals surface area contributed by atoms with Crippen LogP contribution in [-0.2, 0) is 11.2 Å². The molecule has 1 aliphatic heterocycles. The van der Waals surface area contributed by atoms with Gasteiger partial charge in [-0.1, -0.05) is 0 Å². The maximum absolute atomic E-state index is 12.2. The third kappa shape index (κ3) is 5.31. The molecule has 1 aromatic heterocycles. The largest absolute Gasteiger partial charge is 0.390 e. The highest BCUT2D eigenvalue weighted by Gasteiger charge is 2.20. The molecule has 0 bridgehead atoms. The first kappa shape index (κ1) is 17.3. The first-order chi connectivity index (χ1) is 10.4. The van der Waals surface area contributed by atoms with Gasteiger partial charge in [0.15, 0.2) is 0 Å². The molecule has 22 heavy (non-hydrogen) atoms. The SMILES string of the molecule is Cc1nc(CC(=O)N(C)CC(O)CN2CCN(C)CC2)cs1. The fraction of sp³-hybridized carbons (Fsp3) is 0.733. The van der Waals surface area contributed by atoms with Crippen LogP contribution in [0.5, 0.6) is 0 Å². The maximum Gasteiger partial charge on any atom is 0.228 e. The molecule has 7 heteroatoms. The van der Waals surface area contributed by atoms with E-state index in [2.05, 4.69) is 21.8 Å². The van der Waals surface area contributed by atoms with Crippen molar-refractivity contribution in [3.63, 3.8) is 0 Å². The molecule has 0 saturated carbocycles. The van der Waals surface area contributed by atoms with Crippen molar-refractivity contribution in [1.29, 1.82) is 0 Å². The fourth-order valence-electron chi connectivity index (χ4n) is 2.58. The number of carbonyl (C=O) groups is 1. The van der Waals surface area contributed by atoms with E-state index < -0.39 is 6.10 Å². The van der Waals surface area contributed by atoms with E-state index in [1.807, 2.05) is 12.3 Å². The molecule has 0 aromatic carbocycles. The summed E-state index contributed by atoms with van der Waals surface area (Å²) >= 11 is 1.55. The second-order valence-corrected chi connectivity index (χ2v) is 7.13. The minimum absolute atomic E-state index is 0.00253. The molecule has 1 amide bonds. The Morgan fingerprint density at radius 3 is 2.73 bits per heavy atom. The van der Waals surface area contributed by atoms with Crippen LogP contribution in [0.1, 0.15) is 10.7 Å². The molecule has 6 nitrogen and oxygen atoms in total. The summed E-state index contributed by atoms with van der Waals surface area (Å²) in [6.07, 6.45) is -0.197. The van der Waals surface area contributed by atoms with E-state index in [1.54, 1.807) is 23.3 Å². The highest BCUT2D eigenvalue weighted by Crippen LogP contribution is 2.09. The monoisotopic (exact) mass is 326 g/mol. The minimum atomic E-state index is -0.505. The summed E-state index contributed by atoms with van der Waals surface area (Å²) in [5.74, 6) is 0.00253. The molecule has 0 spiro atoms. The van der Waals surface area contributed by atoms with E-state index in [0.29, 0.717) is 19.5 Å². The van der Waals surface area contributed by atoms with Crippen LogP contribution in [0.25, 0.3) is 0 Å². The smallest absolute Gasteiger partial charge is 0.228 e. The van der Waals surface area contributed by atoms with Crippen LogP contribution in [0, 0.1) is 6.92 Å². The minimum Gasteiger partial charge on any atom is -0.390 e. The van der Waals surface area contributed by atoms with E-state index in [0.717, 1.165) is 36.9 Å². The zero-order chi connectivity index (χ0) is 16.1. The predicted molar refractivity (Wildman–Crippen MR) is 88.1 cm³/mol. The van der Waals surface area contributed by atoms with Gasteiger partial charge in [0.1, 0.15) is 0 Å². The number of β-amino-alcohol motifs (C(OH)–C–C–N with tert-alkyl or cyclic N) is 1. The summed E-state index contributed by atoms with van der Waals surface area (Å²) in [6, 6.07) is 0. The Morgan fingerprint density at radius 1 is 1.45 bits per heavy atom. The van der Waals surface area contributed by atoms with Crippen LogP contribution in [0.2, 0.25) is 0 Å². The van der Waals surface area contributed by atoms with E-state index >= 15 is 0 Å². The summed E-state index contributed by atoms with van der Waals surface area (Å²) < 4.78 is 0. The van der Waals surface area contributed by atoms with Crippen LogP contribution in [-0.4, -0.2) is 90.2 Å². The maximum atomic E-state index is 12.2. The van der Waals surface area contributed by atoms with E-state index in [9.17, 15) is 9.90 Å². The standard InChI is InChI=1S/C15H26N4O2S/c1-12-16-13(11-22-12)8-15(21)18(3)9-14(20)10-19-6-4-17(2)5-7-19/h11,14,20H,4-10H2,1-3H3. The van der Waals surface area contributed by atoms with Gasteiger partial charge in [-0.25, -0.2) is 4.98 Å². The normalized spacial score (nSPS) is 18.4. The summed E-state index contributed by atoms with van der Waals surface area (Å²) in [4.78, 5) is 22.6. The lowest BCUT2D eigenvalue weighted by Gasteiger charge is -2.34. The topological polar surface area (TPSA) is 59.9 Å². The number of hydrogen-bond acceptors (Lipinski definition) is 6. The molecule has 1 aromatic rings. The Hall–Kier alpha value is -1.02. The van der Waals surface area contributed by atoms with Crippen molar-refractivity contribution < 1.29 is 9.90 Å². The van der Waals surface area contributed by atoms with Crippen LogP contribution in [0.4, 0.5) is 0 Å². The van der Waals surface area contributed by atoms with Gasteiger partial charge in [-0.15, -0.1) is 11.3 Å². The number of amides is 1. The van der Waals surface area contributed by atoms with Crippen molar-refractivity contribution in [1.82, 2.24) is 19.7 Å². The van der Waals surface area contributed by atoms with Crippen LogP contribution < -0.4 is 0 Å². The summed E-state index contributed by atoms with van der Waals surface area (Å²) in [5, 5.41) is 13.1. The first-order valence-electron chi connectivity index (χ1n) is 7.68. The van der Waals surface area contributed by atoms with Gasteiger partial charge in [0.05, 0.1) is 23.2 Å². The number of nitrogens with zero attached hydrogens (tertiary/aromatic N) is 4. The van der Waals surface area contributed by atoms with Gasteiger partial charge < -0.3 is 14.9 Å². The lowest BCUT2D eigenvalue weighted by atomic mass is 10.2. The van der Waals surface area contributed by atoms with Gasteiger partial charge in [0.2, 0.25) is 5.91 Å². The lowest BCUT2D eigenvalue weighted by molar-refractivity contribution is -0.130. The number of carbonyl (C=O) groups excluding carboxylic acids is 1. The summed E-state index contributed by atoms with van der Waals surface area (Å²) in [6.45, 7) is 6.94. The fourth-order valence-corrected chi connectivity index (χ4v) is 3.20. The summed E-state index contributed by atoms with van der Waals surface area (Å²) in [5.41, 5.74) is 0.813. The molecule has 0 radical (unpaired) electrons. The molecular weight excluding hydrogens is 300 g/mol. The average Bonchev–Trinajstić information content (AvgIpc) is 2.86. The lowest BCUT2D eigenvalue weighted by Crippen LogP contribution is -2.49.